The number of carbonyl (C=O) groups is 1. The first-order valence-electron chi connectivity index (χ1n) is 8.65. The number of hydrogen-bond donors (Lipinski definition) is 1. The Bertz CT molecular complexity index is 839. The Hall–Kier alpha value is -2.06. The molecule has 4 heterocycles. The minimum atomic E-state index is -0.0968. The van der Waals surface area contributed by atoms with Gasteiger partial charge in [0.25, 0.3) is 0 Å². The van der Waals surface area contributed by atoms with Crippen LogP contribution in [-0.2, 0) is 4.74 Å². The van der Waals surface area contributed by atoms with E-state index in [1.807, 2.05) is 12.1 Å². The fraction of sp³-hybridized carbons (Fsp3) is 0.529. The summed E-state index contributed by atoms with van der Waals surface area (Å²) in [4.78, 5) is 19.1. The second-order valence-electron chi connectivity index (χ2n) is 6.53. The van der Waals surface area contributed by atoms with E-state index in [2.05, 4.69) is 12.2 Å². The van der Waals surface area contributed by atoms with E-state index in [1.54, 1.807) is 4.90 Å². The van der Waals surface area contributed by atoms with Gasteiger partial charge in [0.15, 0.2) is 16.6 Å². The summed E-state index contributed by atoms with van der Waals surface area (Å²) in [5.41, 5.74) is 0.771. The molecule has 7 nitrogen and oxygen atoms in total. The maximum absolute atomic E-state index is 12.6. The molecule has 0 bridgehead atoms. The van der Waals surface area contributed by atoms with Crippen molar-refractivity contribution in [1.82, 2.24) is 10.3 Å². The second kappa shape index (κ2) is 5.74. The van der Waals surface area contributed by atoms with Crippen molar-refractivity contribution in [2.45, 2.75) is 38.0 Å². The highest BCUT2D eigenvalue weighted by Crippen LogP contribution is 2.43. The first-order valence-corrected chi connectivity index (χ1v) is 9.46. The van der Waals surface area contributed by atoms with E-state index in [9.17, 15) is 4.79 Å². The highest BCUT2D eigenvalue weighted by molar-refractivity contribution is 7.22. The summed E-state index contributed by atoms with van der Waals surface area (Å²) in [6.07, 6.45) is 1.97. The van der Waals surface area contributed by atoms with Gasteiger partial charge in [0, 0.05) is 0 Å². The number of thiazole rings is 1. The zero-order valence-corrected chi connectivity index (χ0v) is 14.7. The molecule has 5 rings (SSSR count). The minimum absolute atomic E-state index is 0.0239. The number of nitrogens with one attached hydrogen (secondary N) is 1. The lowest BCUT2D eigenvalue weighted by Gasteiger charge is -2.33. The van der Waals surface area contributed by atoms with E-state index >= 15 is 0 Å². The number of urea groups is 1. The first kappa shape index (κ1) is 15.2. The molecular formula is C17H19N3O4S. The van der Waals surface area contributed by atoms with Gasteiger partial charge in [-0.25, -0.2) is 9.78 Å². The molecule has 0 saturated carbocycles. The molecule has 1 N–H and O–H groups in total. The number of nitrogens with zero attached hydrogens (tertiary/aromatic N) is 2. The quantitative estimate of drug-likeness (QED) is 0.890. The van der Waals surface area contributed by atoms with Crippen LogP contribution < -0.4 is 19.7 Å². The zero-order valence-electron chi connectivity index (χ0n) is 13.9. The van der Waals surface area contributed by atoms with Gasteiger partial charge in [-0.1, -0.05) is 18.3 Å². The van der Waals surface area contributed by atoms with Crippen molar-refractivity contribution in [2.75, 3.05) is 24.7 Å². The second-order valence-corrected chi connectivity index (χ2v) is 7.53. The highest BCUT2D eigenvalue weighted by atomic mass is 32.1. The van der Waals surface area contributed by atoms with Gasteiger partial charge in [-0.05, 0) is 25.0 Å². The number of carbonyl (C=O) groups excluding carboxylic acids is 1. The van der Waals surface area contributed by atoms with Crippen LogP contribution in [0, 0.1) is 0 Å². The van der Waals surface area contributed by atoms with Crippen molar-refractivity contribution in [3.8, 4) is 11.5 Å². The molecule has 1 aromatic carbocycles. The van der Waals surface area contributed by atoms with Crippen LogP contribution in [-0.4, -0.2) is 49.0 Å². The fourth-order valence-corrected chi connectivity index (χ4v) is 4.78. The maximum atomic E-state index is 12.6. The van der Waals surface area contributed by atoms with Crippen molar-refractivity contribution >= 4 is 32.7 Å². The van der Waals surface area contributed by atoms with E-state index in [4.69, 9.17) is 19.2 Å². The maximum Gasteiger partial charge on any atom is 0.324 e. The Kier molecular flexibility index (Phi) is 3.49. The Morgan fingerprint density at radius 3 is 3.12 bits per heavy atom. The third kappa shape index (κ3) is 2.35. The normalized spacial score (nSPS) is 28.1. The minimum Gasteiger partial charge on any atom is -0.486 e. The van der Waals surface area contributed by atoms with Crippen molar-refractivity contribution in [1.29, 1.82) is 0 Å². The lowest BCUT2D eigenvalue weighted by molar-refractivity contribution is -0.00414. The number of anilines is 1. The summed E-state index contributed by atoms with van der Waals surface area (Å²) in [6.45, 7) is 3.74. The topological polar surface area (TPSA) is 72.9 Å². The first-order chi connectivity index (χ1) is 12.2. The smallest absolute Gasteiger partial charge is 0.324 e. The Labute approximate surface area is 148 Å². The zero-order chi connectivity index (χ0) is 17.0. The van der Waals surface area contributed by atoms with E-state index in [-0.39, 0.29) is 24.2 Å². The third-order valence-electron chi connectivity index (χ3n) is 5.06. The van der Waals surface area contributed by atoms with Crippen LogP contribution >= 0.6 is 11.3 Å². The summed E-state index contributed by atoms with van der Waals surface area (Å²) >= 11 is 1.51. The number of hydrogen-bond acceptors (Lipinski definition) is 6. The number of fused-ring (bicyclic) bond motifs is 4. The molecule has 2 amide bonds. The fourth-order valence-electron chi connectivity index (χ4n) is 3.76. The number of rotatable bonds is 2. The SMILES string of the molecule is CCC1CC2C(CO1)NC(=O)N2c1nc2c3c(ccc2s1)OCCO3. The van der Waals surface area contributed by atoms with Gasteiger partial charge < -0.3 is 19.5 Å². The van der Waals surface area contributed by atoms with Crippen molar-refractivity contribution in [2.24, 2.45) is 0 Å². The average Bonchev–Trinajstić information content (AvgIpc) is 3.20. The molecule has 2 saturated heterocycles. The highest BCUT2D eigenvalue weighted by Gasteiger charge is 2.45. The molecule has 0 radical (unpaired) electrons. The summed E-state index contributed by atoms with van der Waals surface area (Å²) in [5, 5.41) is 3.74. The molecule has 3 atom stereocenters. The third-order valence-corrected chi connectivity index (χ3v) is 6.08. The van der Waals surface area contributed by atoms with Gasteiger partial charge in [-0.2, -0.15) is 0 Å². The van der Waals surface area contributed by atoms with Gasteiger partial charge in [0.05, 0.1) is 29.5 Å². The molecule has 25 heavy (non-hydrogen) atoms. The molecule has 132 valence electrons. The molecule has 3 aliphatic heterocycles. The summed E-state index contributed by atoms with van der Waals surface area (Å²) in [6, 6.07) is 3.90. The predicted molar refractivity (Wildman–Crippen MR) is 93.8 cm³/mol. The van der Waals surface area contributed by atoms with Crippen LogP contribution in [0.2, 0.25) is 0 Å². The van der Waals surface area contributed by atoms with E-state index in [0.29, 0.717) is 30.7 Å². The summed E-state index contributed by atoms with van der Waals surface area (Å²) < 4.78 is 18.2. The van der Waals surface area contributed by atoms with Crippen LogP contribution in [0.15, 0.2) is 12.1 Å². The van der Waals surface area contributed by atoms with Crippen LogP contribution in [0.1, 0.15) is 19.8 Å². The summed E-state index contributed by atoms with van der Waals surface area (Å²) in [7, 11) is 0. The standard InChI is InChI=1S/C17H19N3O4S/c1-2-9-7-11-10(8-24-9)18-16(21)20(11)17-19-14-13(25-17)4-3-12-15(14)23-6-5-22-12/h3-4,9-11H,2,5-8H2,1H3,(H,18,21). The van der Waals surface area contributed by atoms with Crippen molar-refractivity contribution < 1.29 is 19.0 Å². The molecule has 3 aliphatic rings. The molecule has 0 spiro atoms. The van der Waals surface area contributed by atoms with Gasteiger partial charge in [0.2, 0.25) is 0 Å². The lowest BCUT2D eigenvalue weighted by atomic mass is 9.98. The van der Waals surface area contributed by atoms with Gasteiger partial charge in [0.1, 0.15) is 18.7 Å². The molecule has 0 aliphatic carbocycles. The van der Waals surface area contributed by atoms with E-state index in [0.717, 1.165) is 28.8 Å². The van der Waals surface area contributed by atoms with Gasteiger partial charge in [-0.15, -0.1) is 0 Å². The van der Waals surface area contributed by atoms with Crippen molar-refractivity contribution in [3.05, 3.63) is 12.1 Å². The van der Waals surface area contributed by atoms with Gasteiger partial charge >= 0.3 is 6.03 Å². The Morgan fingerprint density at radius 2 is 2.24 bits per heavy atom. The van der Waals surface area contributed by atoms with Gasteiger partial charge in [-0.3, -0.25) is 4.90 Å². The Morgan fingerprint density at radius 1 is 1.36 bits per heavy atom. The monoisotopic (exact) mass is 361 g/mol. The Balaban J connectivity index is 1.54. The number of aromatic nitrogens is 1. The van der Waals surface area contributed by atoms with Crippen LogP contribution in [0.3, 0.4) is 0 Å². The largest absolute Gasteiger partial charge is 0.486 e. The molecule has 8 heteroatoms. The van der Waals surface area contributed by atoms with Crippen LogP contribution in [0.25, 0.3) is 10.2 Å². The summed E-state index contributed by atoms with van der Waals surface area (Å²) in [5.74, 6) is 1.40. The van der Waals surface area contributed by atoms with Crippen LogP contribution in [0.5, 0.6) is 11.5 Å². The average molecular weight is 361 g/mol. The number of amides is 2. The molecule has 1 aromatic heterocycles. The lowest BCUT2D eigenvalue weighted by Crippen LogP contribution is -2.47. The number of ether oxygens (including phenoxy) is 3. The molecular weight excluding hydrogens is 342 g/mol. The van der Waals surface area contributed by atoms with Crippen LogP contribution in [0.4, 0.5) is 9.93 Å². The van der Waals surface area contributed by atoms with E-state index in [1.165, 1.54) is 11.3 Å². The molecule has 2 aromatic rings. The molecule has 3 unspecified atom stereocenters. The molecule has 2 fully saturated rings. The van der Waals surface area contributed by atoms with E-state index < -0.39 is 0 Å². The predicted octanol–water partition coefficient (Wildman–Crippen LogP) is 2.53. The number of benzene rings is 1. The van der Waals surface area contributed by atoms with Crippen molar-refractivity contribution in [3.63, 3.8) is 0 Å².